The van der Waals surface area contributed by atoms with Crippen molar-refractivity contribution in [1.29, 1.82) is 0 Å². The Morgan fingerprint density at radius 1 is 1.30 bits per heavy atom. The number of carboxylic acids is 1. The second-order valence-electron chi connectivity index (χ2n) is 5.14. The lowest BCUT2D eigenvalue weighted by atomic mass is 10.0. The van der Waals surface area contributed by atoms with E-state index in [0.717, 1.165) is 10.9 Å². The van der Waals surface area contributed by atoms with Gasteiger partial charge in [0, 0.05) is 23.0 Å². The monoisotopic (exact) mass is 294 g/mol. The van der Waals surface area contributed by atoms with Crippen molar-refractivity contribution in [2.45, 2.75) is 19.4 Å². The number of halogens is 1. The van der Waals surface area contributed by atoms with E-state index < -0.39 is 11.5 Å². The summed E-state index contributed by atoms with van der Waals surface area (Å²) in [6.07, 6.45) is 0. The summed E-state index contributed by atoms with van der Waals surface area (Å²) < 4.78 is 0. The number of aromatic amines is 1. The number of carboxylic acid groups (broad SMARTS) is 1. The molecule has 106 valence electrons. The van der Waals surface area contributed by atoms with Gasteiger partial charge < -0.3 is 15.0 Å². The summed E-state index contributed by atoms with van der Waals surface area (Å²) in [5.41, 5.74) is -0.215. The second kappa shape index (κ2) is 4.83. The molecule has 1 aromatic heterocycles. The van der Waals surface area contributed by atoms with E-state index in [1.165, 1.54) is 25.8 Å². The van der Waals surface area contributed by atoms with Crippen LogP contribution in [0.3, 0.4) is 0 Å². The molecule has 0 saturated heterocycles. The number of aliphatic carboxylic acids is 1. The molecule has 2 rings (SSSR count). The van der Waals surface area contributed by atoms with Crippen LogP contribution >= 0.6 is 11.6 Å². The number of fused-ring (bicyclic) bond motifs is 1. The lowest BCUT2D eigenvalue weighted by Gasteiger charge is -2.31. The fraction of sp³-hybridized carbons (Fsp3) is 0.286. The highest BCUT2D eigenvalue weighted by atomic mass is 35.5. The first-order chi connectivity index (χ1) is 9.23. The van der Waals surface area contributed by atoms with Gasteiger partial charge in [0.25, 0.3) is 5.91 Å². The molecule has 0 atom stereocenters. The van der Waals surface area contributed by atoms with E-state index >= 15 is 0 Å². The number of nitrogens with one attached hydrogen (secondary N) is 1. The van der Waals surface area contributed by atoms with Gasteiger partial charge in [0.1, 0.15) is 11.2 Å². The van der Waals surface area contributed by atoms with Crippen LogP contribution in [0, 0.1) is 0 Å². The molecule has 0 aliphatic heterocycles. The number of amides is 1. The normalized spacial score (nSPS) is 11.6. The number of rotatable bonds is 3. The summed E-state index contributed by atoms with van der Waals surface area (Å²) >= 11 is 5.89. The average Bonchev–Trinajstić information content (AvgIpc) is 2.79. The fourth-order valence-electron chi connectivity index (χ4n) is 1.79. The zero-order valence-corrected chi connectivity index (χ0v) is 12.2. The predicted octanol–water partition coefficient (Wildman–Crippen LogP) is 2.76. The Morgan fingerprint density at radius 3 is 2.55 bits per heavy atom. The van der Waals surface area contributed by atoms with Crippen LogP contribution in [0.2, 0.25) is 5.02 Å². The van der Waals surface area contributed by atoms with Crippen molar-refractivity contribution in [3.8, 4) is 0 Å². The van der Waals surface area contributed by atoms with Gasteiger partial charge in [-0.25, -0.2) is 4.79 Å². The number of hydrogen-bond acceptors (Lipinski definition) is 2. The van der Waals surface area contributed by atoms with E-state index in [9.17, 15) is 9.59 Å². The highest BCUT2D eigenvalue weighted by molar-refractivity contribution is 6.31. The maximum Gasteiger partial charge on any atom is 0.329 e. The summed E-state index contributed by atoms with van der Waals surface area (Å²) in [6.45, 7) is 2.96. The summed E-state index contributed by atoms with van der Waals surface area (Å²) in [6, 6.07) is 6.93. The zero-order chi connectivity index (χ0) is 15.1. The molecule has 0 spiro atoms. The molecule has 6 heteroatoms. The Labute approximate surface area is 121 Å². The van der Waals surface area contributed by atoms with Gasteiger partial charge in [-0.2, -0.15) is 0 Å². The summed E-state index contributed by atoms with van der Waals surface area (Å²) in [5, 5.41) is 10.6. The molecule has 0 radical (unpaired) electrons. The molecule has 1 amide bonds. The Balaban J connectivity index is 2.38. The molecule has 0 aliphatic carbocycles. The third-order valence-electron chi connectivity index (χ3n) is 3.48. The third kappa shape index (κ3) is 2.36. The molecular formula is C14H15ClN2O3. The number of carbonyl (C=O) groups excluding carboxylic acids is 1. The van der Waals surface area contributed by atoms with Crippen LogP contribution in [-0.4, -0.2) is 39.5 Å². The van der Waals surface area contributed by atoms with Crippen molar-refractivity contribution in [3.63, 3.8) is 0 Å². The molecule has 20 heavy (non-hydrogen) atoms. The standard InChI is InChI=1S/C14H15ClN2O3/c1-14(2,13(19)20)17(3)12(18)11-6-8-4-5-9(15)7-10(8)16-11/h4-7,16H,1-3H3,(H,19,20). The fourth-order valence-corrected chi connectivity index (χ4v) is 1.96. The minimum absolute atomic E-state index is 0.332. The molecule has 0 fully saturated rings. The van der Waals surface area contributed by atoms with Gasteiger partial charge in [-0.3, -0.25) is 4.79 Å². The molecule has 0 aliphatic rings. The molecular weight excluding hydrogens is 280 g/mol. The lowest BCUT2D eigenvalue weighted by Crippen LogP contribution is -2.50. The van der Waals surface area contributed by atoms with Crippen LogP contribution in [0.5, 0.6) is 0 Å². The highest BCUT2D eigenvalue weighted by Gasteiger charge is 2.36. The van der Waals surface area contributed by atoms with E-state index in [4.69, 9.17) is 16.7 Å². The number of benzene rings is 1. The molecule has 0 unspecified atom stereocenters. The number of nitrogens with zero attached hydrogens (tertiary/aromatic N) is 1. The van der Waals surface area contributed by atoms with E-state index in [1.54, 1.807) is 24.3 Å². The highest BCUT2D eigenvalue weighted by Crippen LogP contribution is 2.22. The van der Waals surface area contributed by atoms with Crippen molar-refractivity contribution in [2.75, 3.05) is 7.05 Å². The van der Waals surface area contributed by atoms with E-state index in [-0.39, 0.29) is 5.91 Å². The molecule has 5 nitrogen and oxygen atoms in total. The van der Waals surface area contributed by atoms with Crippen molar-refractivity contribution >= 4 is 34.4 Å². The molecule has 2 aromatic rings. The van der Waals surface area contributed by atoms with Crippen LogP contribution in [0.15, 0.2) is 24.3 Å². The molecule has 1 heterocycles. The lowest BCUT2D eigenvalue weighted by molar-refractivity contribution is -0.147. The Bertz CT molecular complexity index is 691. The minimum atomic E-state index is -1.29. The number of aromatic nitrogens is 1. The van der Waals surface area contributed by atoms with Crippen LogP contribution in [-0.2, 0) is 4.79 Å². The largest absolute Gasteiger partial charge is 0.480 e. The maximum atomic E-state index is 12.3. The van der Waals surface area contributed by atoms with Crippen molar-refractivity contribution in [1.82, 2.24) is 9.88 Å². The zero-order valence-electron chi connectivity index (χ0n) is 11.4. The molecule has 2 N–H and O–H groups in total. The van der Waals surface area contributed by atoms with E-state index in [2.05, 4.69) is 4.98 Å². The van der Waals surface area contributed by atoms with Gasteiger partial charge in [0.15, 0.2) is 0 Å². The number of likely N-dealkylation sites (N-methyl/N-ethyl adjacent to an activating group) is 1. The summed E-state index contributed by atoms with van der Waals surface area (Å²) in [7, 11) is 1.47. The average molecular weight is 295 g/mol. The van der Waals surface area contributed by atoms with Gasteiger partial charge in [-0.1, -0.05) is 17.7 Å². The van der Waals surface area contributed by atoms with Gasteiger partial charge in [0.2, 0.25) is 0 Å². The van der Waals surface area contributed by atoms with E-state index in [0.29, 0.717) is 10.7 Å². The quantitative estimate of drug-likeness (QED) is 0.914. The van der Waals surface area contributed by atoms with Crippen molar-refractivity contribution < 1.29 is 14.7 Å². The summed E-state index contributed by atoms with van der Waals surface area (Å²) in [5.74, 6) is -1.45. The molecule has 0 bridgehead atoms. The van der Waals surface area contributed by atoms with Gasteiger partial charge in [0.05, 0.1) is 0 Å². The number of H-pyrrole nitrogens is 1. The van der Waals surface area contributed by atoms with Crippen LogP contribution in [0.4, 0.5) is 0 Å². The molecule has 1 aromatic carbocycles. The number of hydrogen-bond donors (Lipinski definition) is 2. The maximum absolute atomic E-state index is 12.3. The van der Waals surface area contributed by atoms with Gasteiger partial charge in [-0.05, 0) is 32.0 Å². The SMILES string of the molecule is CN(C(=O)c1cc2ccc(Cl)cc2[nH]1)C(C)(C)C(=O)O. The smallest absolute Gasteiger partial charge is 0.329 e. The first-order valence-corrected chi connectivity index (χ1v) is 6.41. The van der Waals surface area contributed by atoms with Crippen molar-refractivity contribution in [2.24, 2.45) is 0 Å². The van der Waals surface area contributed by atoms with Gasteiger partial charge >= 0.3 is 5.97 Å². The predicted molar refractivity (Wildman–Crippen MR) is 77.1 cm³/mol. The Kier molecular flexibility index (Phi) is 3.48. The topological polar surface area (TPSA) is 73.4 Å². The van der Waals surface area contributed by atoms with E-state index in [1.807, 2.05) is 0 Å². The minimum Gasteiger partial charge on any atom is -0.480 e. The van der Waals surface area contributed by atoms with Crippen LogP contribution < -0.4 is 0 Å². The van der Waals surface area contributed by atoms with Gasteiger partial charge in [-0.15, -0.1) is 0 Å². The first-order valence-electron chi connectivity index (χ1n) is 6.03. The Hall–Kier alpha value is -2.01. The summed E-state index contributed by atoms with van der Waals surface area (Å²) in [4.78, 5) is 27.7. The van der Waals surface area contributed by atoms with Crippen molar-refractivity contribution in [3.05, 3.63) is 35.0 Å². The first kappa shape index (κ1) is 14.4. The molecule has 0 saturated carbocycles. The second-order valence-corrected chi connectivity index (χ2v) is 5.58. The van der Waals surface area contributed by atoms with Crippen LogP contribution in [0.25, 0.3) is 10.9 Å². The van der Waals surface area contributed by atoms with Crippen LogP contribution in [0.1, 0.15) is 24.3 Å². The Morgan fingerprint density at radius 2 is 1.95 bits per heavy atom. The number of carbonyl (C=O) groups is 2. The third-order valence-corrected chi connectivity index (χ3v) is 3.72.